The van der Waals surface area contributed by atoms with Crippen molar-refractivity contribution in [3.8, 4) is 11.5 Å². The monoisotopic (exact) mass is 452 g/mol. The number of amides is 1. The van der Waals surface area contributed by atoms with E-state index in [4.69, 9.17) is 9.47 Å². The summed E-state index contributed by atoms with van der Waals surface area (Å²) in [5.41, 5.74) is 2.40. The quantitative estimate of drug-likeness (QED) is 0.538. The van der Waals surface area contributed by atoms with Crippen LogP contribution in [0.25, 0.3) is 0 Å². The van der Waals surface area contributed by atoms with Gasteiger partial charge in [0.1, 0.15) is 0 Å². The minimum absolute atomic E-state index is 0.140. The second-order valence-electron chi connectivity index (χ2n) is 7.51. The second kappa shape index (κ2) is 9.42. The van der Waals surface area contributed by atoms with E-state index in [-0.39, 0.29) is 30.1 Å². The molecule has 7 nitrogen and oxygen atoms in total. The smallest absolute Gasteiger partial charge is 0.241 e. The molecule has 0 aromatic heterocycles. The molecule has 0 saturated carbocycles. The Hall–Kier alpha value is -3.36. The van der Waals surface area contributed by atoms with E-state index in [2.05, 4.69) is 10.0 Å². The van der Waals surface area contributed by atoms with Crippen molar-refractivity contribution >= 4 is 21.6 Å². The first kappa shape index (κ1) is 21.9. The lowest BCUT2D eigenvalue weighted by atomic mass is 10.1. The van der Waals surface area contributed by atoms with E-state index >= 15 is 0 Å². The van der Waals surface area contributed by atoms with Crippen LogP contribution in [0.5, 0.6) is 11.5 Å². The van der Waals surface area contributed by atoms with Gasteiger partial charge in [0.2, 0.25) is 22.7 Å². The number of carbonyl (C=O) groups excluding carboxylic acids is 1. The largest absolute Gasteiger partial charge is 0.454 e. The number of benzene rings is 3. The molecule has 0 aliphatic carbocycles. The number of hydrogen-bond acceptors (Lipinski definition) is 5. The number of rotatable bonds is 8. The van der Waals surface area contributed by atoms with Crippen LogP contribution in [0.2, 0.25) is 0 Å². The molecule has 1 amide bonds. The van der Waals surface area contributed by atoms with E-state index in [9.17, 15) is 13.2 Å². The van der Waals surface area contributed by atoms with Crippen molar-refractivity contribution in [3.05, 3.63) is 83.9 Å². The molecule has 0 spiro atoms. The molecule has 4 rings (SSSR count). The maximum Gasteiger partial charge on any atom is 0.241 e. The van der Waals surface area contributed by atoms with Crippen LogP contribution >= 0.6 is 0 Å². The fraction of sp³-hybridized carbons (Fsp3) is 0.208. The number of carbonyl (C=O) groups is 1. The van der Waals surface area contributed by atoms with E-state index in [0.29, 0.717) is 23.6 Å². The average molecular weight is 453 g/mol. The van der Waals surface area contributed by atoms with Crippen molar-refractivity contribution in [2.24, 2.45) is 0 Å². The van der Waals surface area contributed by atoms with E-state index in [1.165, 1.54) is 0 Å². The highest BCUT2D eigenvalue weighted by molar-refractivity contribution is 7.89. The molecule has 2 N–H and O–H groups in total. The van der Waals surface area contributed by atoms with E-state index in [0.717, 1.165) is 11.1 Å². The van der Waals surface area contributed by atoms with Gasteiger partial charge in [0.25, 0.3) is 0 Å². The van der Waals surface area contributed by atoms with Gasteiger partial charge >= 0.3 is 0 Å². The first-order valence-electron chi connectivity index (χ1n) is 10.3. The summed E-state index contributed by atoms with van der Waals surface area (Å²) in [6, 6.07) is 20.9. The van der Waals surface area contributed by atoms with Crippen molar-refractivity contribution in [1.29, 1.82) is 0 Å². The van der Waals surface area contributed by atoms with Gasteiger partial charge in [-0.05, 0) is 48.7 Å². The summed E-state index contributed by atoms with van der Waals surface area (Å²) in [4.78, 5) is 12.5. The molecule has 1 atom stereocenters. The molecular formula is C24H24N2O5S. The SMILES string of the molecule is C[C@H](NS(=O)(=O)c1ccc(CCC(=O)Nc2ccc3c(c2)OCO3)cc1)c1ccccc1. The molecule has 3 aromatic rings. The summed E-state index contributed by atoms with van der Waals surface area (Å²) in [5, 5.41) is 2.83. The Morgan fingerprint density at radius 3 is 2.44 bits per heavy atom. The number of hydrogen-bond donors (Lipinski definition) is 2. The summed E-state index contributed by atoms with van der Waals surface area (Å²) in [7, 11) is -3.65. The molecule has 1 aliphatic rings. The van der Waals surface area contributed by atoms with Crippen molar-refractivity contribution in [3.63, 3.8) is 0 Å². The highest BCUT2D eigenvalue weighted by atomic mass is 32.2. The number of nitrogens with one attached hydrogen (secondary N) is 2. The molecule has 1 aliphatic heterocycles. The normalized spacial score (nSPS) is 13.5. The van der Waals surface area contributed by atoms with Gasteiger partial charge in [0.15, 0.2) is 11.5 Å². The lowest BCUT2D eigenvalue weighted by Crippen LogP contribution is -2.26. The molecule has 0 radical (unpaired) electrons. The number of sulfonamides is 1. The Labute approximate surface area is 187 Å². The van der Waals surface area contributed by atoms with Crippen molar-refractivity contribution in [2.75, 3.05) is 12.1 Å². The number of aryl methyl sites for hydroxylation is 1. The number of anilines is 1. The summed E-state index contributed by atoms with van der Waals surface area (Å²) >= 11 is 0. The van der Waals surface area contributed by atoms with Crippen LogP contribution in [0.15, 0.2) is 77.7 Å². The molecule has 3 aromatic carbocycles. The van der Waals surface area contributed by atoms with Gasteiger partial charge < -0.3 is 14.8 Å². The molecular weight excluding hydrogens is 428 g/mol. The lowest BCUT2D eigenvalue weighted by Gasteiger charge is -2.15. The third-order valence-electron chi connectivity index (χ3n) is 5.16. The molecule has 32 heavy (non-hydrogen) atoms. The summed E-state index contributed by atoms with van der Waals surface area (Å²) in [6.07, 6.45) is 0.758. The van der Waals surface area contributed by atoms with Gasteiger partial charge in [-0.2, -0.15) is 0 Å². The summed E-state index contributed by atoms with van der Waals surface area (Å²) < 4.78 is 38.6. The topological polar surface area (TPSA) is 93.7 Å². The highest BCUT2D eigenvalue weighted by Crippen LogP contribution is 2.34. The van der Waals surface area contributed by atoms with Crippen LogP contribution in [0, 0.1) is 0 Å². The van der Waals surface area contributed by atoms with Gasteiger partial charge in [0.05, 0.1) is 4.90 Å². The lowest BCUT2D eigenvalue weighted by molar-refractivity contribution is -0.116. The zero-order valence-electron chi connectivity index (χ0n) is 17.6. The zero-order chi connectivity index (χ0) is 22.6. The second-order valence-corrected chi connectivity index (χ2v) is 9.23. The van der Waals surface area contributed by atoms with Crippen LogP contribution in [-0.2, 0) is 21.2 Å². The van der Waals surface area contributed by atoms with Crippen LogP contribution in [0.3, 0.4) is 0 Å². The molecule has 166 valence electrons. The Morgan fingerprint density at radius 2 is 1.69 bits per heavy atom. The number of fused-ring (bicyclic) bond motifs is 1. The third-order valence-corrected chi connectivity index (χ3v) is 6.72. The summed E-state index contributed by atoms with van der Waals surface area (Å²) in [6.45, 7) is 1.99. The van der Waals surface area contributed by atoms with Gasteiger partial charge in [-0.3, -0.25) is 4.79 Å². The van der Waals surface area contributed by atoms with E-state index in [1.807, 2.05) is 30.3 Å². The van der Waals surface area contributed by atoms with Crippen LogP contribution < -0.4 is 19.5 Å². The van der Waals surface area contributed by atoms with Crippen molar-refractivity contribution < 1.29 is 22.7 Å². The molecule has 1 heterocycles. The minimum atomic E-state index is -3.65. The Morgan fingerprint density at radius 1 is 0.969 bits per heavy atom. The summed E-state index contributed by atoms with van der Waals surface area (Å²) in [5.74, 6) is 1.12. The molecule has 0 bridgehead atoms. The Kier molecular flexibility index (Phi) is 6.43. The molecule has 0 unspecified atom stereocenters. The van der Waals surface area contributed by atoms with Crippen molar-refractivity contribution in [2.45, 2.75) is 30.7 Å². The van der Waals surface area contributed by atoms with Crippen molar-refractivity contribution in [1.82, 2.24) is 4.72 Å². The van der Waals surface area contributed by atoms with Gasteiger partial charge in [-0.1, -0.05) is 42.5 Å². The number of ether oxygens (including phenoxy) is 2. The fourth-order valence-electron chi connectivity index (χ4n) is 3.40. The van der Waals surface area contributed by atoms with Crippen LogP contribution in [0.4, 0.5) is 5.69 Å². The highest BCUT2D eigenvalue weighted by Gasteiger charge is 2.18. The van der Waals surface area contributed by atoms with Gasteiger partial charge in [-0.15, -0.1) is 0 Å². The molecule has 0 saturated heterocycles. The first-order valence-corrected chi connectivity index (χ1v) is 11.7. The third kappa shape index (κ3) is 5.27. The maximum atomic E-state index is 12.7. The first-order chi connectivity index (χ1) is 15.4. The fourth-order valence-corrected chi connectivity index (χ4v) is 4.63. The van der Waals surface area contributed by atoms with E-state index < -0.39 is 10.0 Å². The minimum Gasteiger partial charge on any atom is -0.454 e. The van der Waals surface area contributed by atoms with Gasteiger partial charge in [-0.25, -0.2) is 13.1 Å². The predicted molar refractivity (Wildman–Crippen MR) is 121 cm³/mol. The molecule has 0 fully saturated rings. The predicted octanol–water partition coefficient (Wildman–Crippen LogP) is 4.03. The Bertz CT molecular complexity index is 1190. The average Bonchev–Trinajstić information content (AvgIpc) is 3.26. The maximum absolute atomic E-state index is 12.7. The van der Waals surface area contributed by atoms with E-state index in [1.54, 1.807) is 49.4 Å². The van der Waals surface area contributed by atoms with Crippen LogP contribution in [0.1, 0.15) is 30.5 Å². The van der Waals surface area contributed by atoms with Crippen LogP contribution in [-0.4, -0.2) is 21.1 Å². The molecule has 8 heteroatoms. The zero-order valence-corrected chi connectivity index (χ0v) is 18.4. The Balaban J connectivity index is 1.31. The standard InChI is InChI=1S/C24H24N2O5S/c1-17(19-5-3-2-4-6-19)26-32(28,29)21-11-7-18(8-12-21)9-14-24(27)25-20-10-13-22-23(15-20)31-16-30-22/h2-8,10-13,15,17,26H,9,14,16H2,1H3,(H,25,27)/t17-/m0/s1. The van der Waals surface area contributed by atoms with Gasteiger partial charge in [0, 0.05) is 24.2 Å².